The number of aliphatic hydroxyl groups is 1. The Labute approximate surface area is 86.1 Å². The highest BCUT2D eigenvalue weighted by Gasteiger charge is 2.17. The van der Waals surface area contributed by atoms with E-state index >= 15 is 0 Å². The van der Waals surface area contributed by atoms with Gasteiger partial charge in [0.25, 0.3) is 0 Å². The molecule has 0 heterocycles. The second-order valence-electron chi connectivity index (χ2n) is 3.85. The summed E-state index contributed by atoms with van der Waals surface area (Å²) in [7, 11) is 1.62. The van der Waals surface area contributed by atoms with E-state index in [1.54, 1.807) is 7.05 Å². The third-order valence-corrected chi connectivity index (χ3v) is 2.10. The van der Waals surface area contributed by atoms with Crippen molar-refractivity contribution in [2.24, 2.45) is 0 Å². The predicted octanol–water partition coefficient (Wildman–Crippen LogP) is 0.263. The molecule has 0 aliphatic carbocycles. The summed E-state index contributed by atoms with van der Waals surface area (Å²) in [6.07, 6.45) is 2.20. The summed E-state index contributed by atoms with van der Waals surface area (Å²) >= 11 is 0. The lowest BCUT2D eigenvalue weighted by Crippen LogP contribution is -2.38. The van der Waals surface area contributed by atoms with Gasteiger partial charge in [-0.05, 0) is 13.3 Å². The molecular formula is C10H22N2O2. The van der Waals surface area contributed by atoms with Gasteiger partial charge >= 0.3 is 0 Å². The van der Waals surface area contributed by atoms with E-state index in [0.29, 0.717) is 19.5 Å². The number of hydrogen-bond donors (Lipinski definition) is 3. The fourth-order valence-electron chi connectivity index (χ4n) is 1.31. The van der Waals surface area contributed by atoms with Crippen LogP contribution in [0.15, 0.2) is 0 Å². The summed E-state index contributed by atoms with van der Waals surface area (Å²) in [6, 6.07) is 0. The first kappa shape index (κ1) is 13.4. The number of carbonyl (C=O) groups is 1. The standard InChI is InChI=1S/C10H22N2O2/c1-4-6-10(2,14)8-12-7-5-9(13)11-3/h12,14H,4-8H2,1-3H3,(H,11,13). The Morgan fingerprint density at radius 2 is 2.14 bits per heavy atom. The highest BCUT2D eigenvalue weighted by atomic mass is 16.3. The van der Waals surface area contributed by atoms with Crippen molar-refractivity contribution in [2.75, 3.05) is 20.1 Å². The molecule has 0 saturated heterocycles. The molecule has 0 bridgehead atoms. The predicted molar refractivity (Wildman–Crippen MR) is 57.1 cm³/mol. The van der Waals surface area contributed by atoms with E-state index in [1.807, 2.05) is 13.8 Å². The van der Waals surface area contributed by atoms with E-state index in [0.717, 1.165) is 12.8 Å². The Bertz CT molecular complexity index is 170. The number of rotatable bonds is 7. The highest BCUT2D eigenvalue weighted by molar-refractivity contribution is 5.75. The third kappa shape index (κ3) is 6.86. The molecule has 14 heavy (non-hydrogen) atoms. The SMILES string of the molecule is CCCC(C)(O)CNCCC(=O)NC. The first-order chi connectivity index (χ1) is 6.52. The zero-order valence-electron chi connectivity index (χ0n) is 9.39. The van der Waals surface area contributed by atoms with Crippen molar-refractivity contribution >= 4 is 5.91 Å². The average Bonchev–Trinajstić information content (AvgIpc) is 2.12. The summed E-state index contributed by atoms with van der Waals surface area (Å²) in [5.74, 6) is 0.0210. The Morgan fingerprint density at radius 1 is 1.50 bits per heavy atom. The van der Waals surface area contributed by atoms with Gasteiger partial charge in [-0.25, -0.2) is 0 Å². The Balaban J connectivity index is 3.48. The Morgan fingerprint density at radius 3 is 2.64 bits per heavy atom. The van der Waals surface area contributed by atoms with Gasteiger partial charge in [-0.2, -0.15) is 0 Å². The molecule has 0 radical (unpaired) electrons. The van der Waals surface area contributed by atoms with E-state index < -0.39 is 5.60 Å². The van der Waals surface area contributed by atoms with Gasteiger partial charge in [-0.15, -0.1) is 0 Å². The molecule has 1 amide bonds. The quantitative estimate of drug-likeness (QED) is 0.519. The monoisotopic (exact) mass is 202 g/mol. The minimum atomic E-state index is -0.655. The molecule has 4 heteroatoms. The number of carbonyl (C=O) groups excluding carboxylic acids is 1. The molecule has 0 aliphatic heterocycles. The summed E-state index contributed by atoms with van der Waals surface area (Å²) in [5.41, 5.74) is -0.655. The lowest BCUT2D eigenvalue weighted by Gasteiger charge is -2.22. The maximum atomic E-state index is 10.8. The van der Waals surface area contributed by atoms with Crippen molar-refractivity contribution in [2.45, 2.75) is 38.7 Å². The van der Waals surface area contributed by atoms with Crippen LogP contribution in [-0.4, -0.2) is 36.8 Å². The van der Waals surface area contributed by atoms with Crippen LogP contribution in [0.25, 0.3) is 0 Å². The van der Waals surface area contributed by atoms with Crippen molar-refractivity contribution in [1.82, 2.24) is 10.6 Å². The normalized spacial score (nSPS) is 14.9. The van der Waals surface area contributed by atoms with Gasteiger partial charge in [-0.3, -0.25) is 4.79 Å². The molecule has 1 unspecified atom stereocenters. The van der Waals surface area contributed by atoms with E-state index in [2.05, 4.69) is 10.6 Å². The molecule has 0 aromatic rings. The van der Waals surface area contributed by atoms with E-state index in [9.17, 15) is 9.90 Å². The van der Waals surface area contributed by atoms with Crippen LogP contribution in [0.2, 0.25) is 0 Å². The van der Waals surface area contributed by atoms with Crippen molar-refractivity contribution in [3.63, 3.8) is 0 Å². The number of amides is 1. The molecule has 0 aromatic heterocycles. The molecule has 0 aliphatic rings. The van der Waals surface area contributed by atoms with Crippen molar-refractivity contribution in [3.05, 3.63) is 0 Å². The zero-order valence-corrected chi connectivity index (χ0v) is 9.39. The van der Waals surface area contributed by atoms with Crippen LogP contribution < -0.4 is 10.6 Å². The van der Waals surface area contributed by atoms with Crippen molar-refractivity contribution in [3.8, 4) is 0 Å². The fraction of sp³-hybridized carbons (Fsp3) is 0.900. The van der Waals surface area contributed by atoms with E-state index in [4.69, 9.17) is 0 Å². The molecule has 3 N–H and O–H groups in total. The molecule has 0 saturated carbocycles. The maximum absolute atomic E-state index is 10.8. The Kier molecular flexibility index (Phi) is 6.49. The van der Waals surface area contributed by atoms with E-state index in [-0.39, 0.29) is 5.91 Å². The molecule has 4 nitrogen and oxygen atoms in total. The molecule has 0 rings (SSSR count). The van der Waals surface area contributed by atoms with Gasteiger partial charge in [0.05, 0.1) is 5.60 Å². The van der Waals surface area contributed by atoms with Gasteiger partial charge in [0.1, 0.15) is 0 Å². The molecule has 1 atom stereocenters. The van der Waals surface area contributed by atoms with Crippen LogP contribution >= 0.6 is 0 Å². The molecular weight excluding hydrogens is 180 g/mol. The second-order valence-corrected chi connectivity index (χ2v) is 3.85. The second kappa shape index (κ2) is 6.79. The highest BCUT2D eigenvalue weighted by Crippen LogP contribution is 2.09. The molecule has 0 aromatic carbocycles. The first-order valence-corrected chi connectivity index (χ1v) is 5.15. The van der Waals surface area contributed by atoms with Crippen molar-refractivity contribution in [1.29, 1.82) is 0 Å². The zero-order chi connectivity index (χ0) is 11.0. The van der Waals surface area contributed by atoms with E-state index in [1.165, 1.54) is 0 Å². The molecule has 0 spiro atoms. The first-order valence-electron chi connectivity index (χ1n) is 5.15. The molecule has 0 fully saturated rings. The summed E-state index contributed by atoms with van der Waals surface area (Å²) in [5, 5.41) is 15.4. The summed E-state index contributed by atoms with van der Waals surface area (Å²) < 4.78 is 0. The largest absolute Gasteiger partial charge is 0.389 e. The van der Waals surface area contributed by atoms with Gasteiger partial charge in [0.2, 0.25) is 5.91 Å². The van der Waals surface area contributed by atoms with Crippen LogP contribution in [-0.2, 0) is 4.79 Å². The third-order valence-electron chi connectivity index (χ3n) is 2.10. The number of hydrogen-bond acceptors (Lipinski definition) is 3. The van der Waals surface area contributed by atoms with Gasteiger partial charge in [0, 0.05) is 26.6 Å². The van der Waals surface area contributed by atoms with Gasteiger partial charge in [0.15, 0.2) is 0 Å². The topological polar surface area (TPSA) is 61.4 Å². The maximum Gasteiger partial charge on any atom is 0.221 e. The van der Waals surface area contributed by atoms with Crippen LogP contribution in [0.1, 0.15) is 33.1 Å². The van der Waals surface area contributed by atoms with Gasteiger partial charge < -0.3 is 15.7 Å². The van der Waals surface area contributed by atoms with Crippen LogP contribution in [0.5, 0.6) is 0 Å². The molecule has 84 valence electrons. The van der Waals surface area contributed by atoms with Gasteiger partial charge in [-0.1, -0.05) is 13.3 Å². The lowest BCUT2D eigenvalue weighted by molar-refractivity contribution is -0.120. The minimum absolute atomic E-state index is 0.0210. The lowest BCUT2D eigenvalue weighted by atomic mass is 10.0. The Hall–Kier alpha value is -0.610. The average molecular weight is 202 g/mol. The summed E-state index contributed by atoms with van der Waals surface area (Å²) in [4.78, 5) is 10.8. The minimum Gasteiger partial charge on any atom is -0.389 e. The van der Waals surface area contributed by atoms with Crippen LogP contribution in [0.4, 0.5) is 0 Å². The smallest absolute Gasteiger partial charge is 0.221 e. The van der Waals surface area contributed by atoms with Crippen LogP contribution in [0.3, 0.4) is 0 Å². The van der Waals surface area contributed by atoms with Crippen molar-refractivity contribution < 1.29 is 9.90 Å². The van der Waals surface area contributed by atoms with Crippen LogP contribution in [0, 0.1) is 0 Å². The number of nitrogens with one attached hydrogen (secondary N) is 2. The summed E-state index contributed by atoms with van der Waals surface area (Å²) in [6.45, 7) is 5.00. The fourth-order valence-corrected chi connectivity index (χ4v) is 1.31.